The van der Waals surface area contributed by atoms with Crippen LogP contribution in [-0.2, 0) is 4.74 Å². The van der Waals surface area contributed by atoms with Crippen LogP contribution in [0.3, 0.4) is 0 Å². The van der Waals surface area contributed by atoms with Gasteiger partial charge in [-0.3, -0.25) is 0 Å². The molecule has 2 bridgehead atoms. The summed E-state index contributed by atoms with van der Waals surface area (Å²) in [6, 6.07) is 2.49. The molecule has 3 heteroatoms. The Morgan fingerprint density at radius 3 is 2.47 bits per heavy atom. The van der Waals surface area contributed by atoms with Crippen LogP contribution in [0.4, 0.5) is 0 Å². The molecule has 1 N–H and O–H groups in total. The molecule has 0 aromatic rings. The third kappa shape index (κ3) is 1.92. The Balaban J connectivity index is 1.76. The van der Waals surface area contributed by atoms with Crippen molar-refractivity contribution in [3.05, 3.63) is 0 Å². The van der Waals surface area contributed by atoms with Gasteiger partial charge in [0.25, 0.3) is 0 Å². The second kappa shape index (κ2) is 4.75. The SMILES string of the molecule is CCCC1CCC(O)(C2(C#N)CC3CCC2O3)CC1. The first-order valence-corrected chi connectivity index (χ1v) is 7.92. The first kappa shape index (κ1) is 13.4. The zero-order valence-electron chi connectivity index (χ0n) is 11.9. The predicted molar refractivity (Wildman–Crippen MR) is 72.4 cm³/mol. The Hall–Kier alpha value is -0.590. The average Bonchev–Trinajstić information content (AvgIpc) is 3.03. The lowest BCUT2D eigenvalue weighted by Crippen LogP contribution is -2.54. The number of nitrogens with zero attached hydrogens (tertiary/aromatic N) is 1. The van der Waals surface area contributed by atoms with Gasteiger partial charge in [-0.15, -0.1) is 0 Å². The molecule has 2 heterocycles. The highest BCUT2D eigenvalue weighted by Gasteiger charge is 2.63. The van der Waals surface area contributed by atoms with Gasteiger partial charge in [-0.05, 0) is 50.9 Å². The molecule has 0 amide bonds. The number of hydrogen-bond donors (Lipinski definition) is 1. The van der Waals surface area contributed by atoms with Crippen LogP contribution in [0.2, 0.25) is 0 Å². The van der Waals surface area contributed by atoms with Crippen molar-refractivity contribution in [3.8, 4) is 6.07 Å². The molecule has 106 valence electrons. The number of aliphatic hydroxyl groups is 1. The lowest BCUT2D eigenvalue weighted by Gasteiger charge is -2.47. The minimum absolute atomic E-state index is 0.0183. The third-order valence-electron chi connectivity index (χ3n) is 5.87. The molecule has 0 spiro atoms. The number of rotatable bonds is 3. The second-order valence-electron chi connectivity index (χ2n) is 6.87. The van der Waals surface area contributed by atoms with E-state index >= 15 is 0 Å². The Kier molecular flexibility index (Phi) is 3.35. The summed E-state index contributed by atoms with van der Waals surface area (Å²) in [5.41, 5.74) is -1.42. The maximum absolute atomic E-state index is 11.1. The lowest BCUT2D eigenvalue weighted by atomic mass is 9.58. The van der Waals surface area contributed by atoms with E-state index in [1.54, 1.807) is 0 Å². The van der Waals surface area contributed by atoms with Gasteiger partial charge >= 0.3 is 0 Å². The maximum atomic E-state index is 11.1. The smallest absolute Gasteiger partial charge is 0.114 e. The highest BCUT2D eigenvalue weighted by molar-refractivity contribution is 5.21. The lowest BCUT2D eigenvalue weighted by molar-refractivity contribution is -0.114. The van der Waals surface area contributed by atoms with Crippen molar-refractivity contribution < 1.29 is 9.84 Å². The molecule has 0 radical (unpaired) electrons. The molecule has 0 aromatic carbocycles. The van der Waals surface area contributed by atoms with Crippen LogP contribution in [0.15, 0.2) is 0 Å². The van der Waals surface area contributed by atoms with Crippen molar-refractivity contribution in [2.75, 3.05) is 0 Å². The van der Waals surface area contributed by atoms with Crippen molar-refractivity contribution in [3.63, 3.8) is 0 Å². The summed E-state index contributed by atoms with van der Waals surface area (Å²) in [5.74, 6) is 0.750. The number of hydrogen-bond acceptors (Lipinski definition) is 3. The van der Waals surface area contributed by atoms with Crippen LogP contribution in [-0.4, -0.2) is 22.9 Å². The summed E-state index contributed by atoms with van der Waals surface area (Å²) in [5, 5.41) is 20.9. The molecule has 3 fully saturated rings. The quantitative estimate of drug-likeness (QED) is 0.851. The van der Waals surface area contributed by atoms with Gasteiger partial charge in [0.1, 0.15) is 5.41 Å². The van der Waals surface area contributed by atoms with E-state index in [1.165, 1.54) is 12.8 Å². The van der Waals surface area contributed by atoms with Crippen molar-refractivity contribution in [1.29, 1.82) is 5.26 Å². The zero-order chi connectivity index (χ0) is 13.5. The molecule has 1 saturated carbocycles. The van der Waals surface area contributed by atoms with E-state index in [-0.39, 0.29) is 12.2 Å². The monoisotopic (exact) mass is 263 g/mol. The van der Waals surface area contributed by atoms with E-state index in [4.69, 9.17) is 4.74 Å². The summed E-state index contributed by atoms with van der Waals surface area (Å²) in [6.07, 6.45) is 9.20. The topological polar surface area (TPSA) is 53.2 Å². The molecule has 2 aliphatic heterocycles. The van der Waals surface area contributed by atoms with Gasteiger partial charge in [0, 0.05) is 0 Å². The minimum Gasteiger partial charge on any atom is -0.388 e. The summed E-state index contributed by atoms with van der Waals surface area (Å²) in [6.45, 7) is 2.22. The van der Waals surface area contributed by atoms with Gasteiger partial charge in [0.2, 0.25) is 0 Å². The normalized spacial score (nSPS) is 49.2. The third-order valence-corrected chi connectivity index (χ3v) is 5.87. The van der Waals surface area contributed by atoms with Crippen molar-refractivity contribution >= 4 is 0 Å². The number of fused-ring (bicyclic) bond motifs is 2. The standard InChI is InChI=1S/C16H25NO2/c1-2-3-12-6-8-16(18,9-7-12)15(11-17)10-13-4-5-14(15)19-13/h12-14,18H,2-10H2,1H3. The Bertz CT molecular complexity index is 381. The average molecular weight is 263 g/mol. The van der Waals surface area contributed by atoms with Gasteiger partial charge in [0.15, 0.2) is 0 Å². The second-order valence-corrected chi connectivity index (χ2v) is 6.87. The van der Waals surface area contributed by atoms with Crippen molar-refractivity contribution in [1.82, 2.24) is 0 Å². The van der Waals surface area contributed by atoms with E-state index in [0.717, 1.165) is 50.9 Å². The van der Waals surface area contributed by atoms with E-state index in [1.807, 2.05) is 0 Å². The summed E-state index contributed by atoms with van der Waals surface area (Å²) in [7, 11) is 0. The van der Waals surface area contributed by atoms with Crippen LogP contribution in [0.5, 0.6) is 0 Å². The van der Waals surface area contributed by atoms with Gasteiger partial charge in [-0.1, -0.05) is 19.8 Å². The Labute approximate surface area is 115 Å². The van der Waals surface area contributed by atoms with Crippen LogP contribution in [0.25, 0.3) is 0 Å². The Morgan fingerprint density at radius 1 is 1.26 bits per heavy atom. The maximum Gasteiger partial charge on any atom is 0.114 e. The van der Waals surface area contributed by atoms with E-state index < -0.39 is 11.0 Å². The number of ether oxygens (including phenoxy) is 1. The van der Waals surface area contributed by atoms with Crippen LogP contribution in [0, 0.1) is 22.7 Å². The fourth-order valence-corrected chi connectivity index (χ4v) is 4.72. The summed E-state index contributed by atoms with van der Waals surface area (Å²) in [4.78, 5) is 0. The van der Waals surface area contributed by atoms with Gasteiger partial charge in [0.05, 0.1) is 23.9 Å². The van der Waals surface area contributed by atoms with Crippen molar-refractivity contribution in [2.24, 2.45) is 11.3 Å². The molecule has 0 aromatic heterocycles. The Morgan fingerprint density at radius 2 is 2.00 bits per heavy atom. The van der Waals surface area contributed by atoms with E-state index in [9.17, 15) is 10.4 Å². The van der Waals surface area contributed by atoms with Gasteiger partial charge in [-0.25, -0.2) is 0 Å². The first-order valence-electron chi connectivity index (χ1n) is 7.92. The van der Waals surface area contributed by atoms with Crippen molar-refractivity contribution in [2.45, 2.75) is 82.5 Å². The van der Waals surface area contributed by atoms with Crippen LogP contribution >= 0.6 is 0 Å². The largest absolute Gasteiger partial charge is 0.388 e. The molecule has 1 aliphatic carbocycles. The molecule has 3 nitrogen and oxygen atoms in total. The summed E-state index contributed by atoms with van der Waals surface area (Å²) >= 11 is 0. The molecule has 3 rings (SSSR count). The molecule has 3 aliphatic rings. The first-order chi connectivity index (χ1) is 9.13. The molecule has 2 saturated heterocycles. The van der Waals surface area contributed by atoms with Gasteiger partial charge in [-0.2, -0.15) is 5.26 Å². The molecular weight excluding hydrogens is 238 g/mol. The highest BCUT2D eigenvalue weighted by atomic mass is 16.5. The fraction of sp³-hybridized carbons (Fsp3) is 0.938. The molecule has 19 heavy (non-hydrogen) atoms. The fourth-order valence-electron chi connectivity index (χ4n) is 4.72. The zero-order valence-corrected chi connectivity index (χ0v) is 11.9. The highest BCUT2D eigenvalue weighted by Crippen LogP contribution is 2.57. The summed E-state index contributed by atoms with van der Waals surface area (Å²) < 4.78 is 5.89. The minimum atomic E-state index is -0.800. The van der Waals surface area contributed by atoms with E-state index in [0.29, 0.717) is 0 Å². The van der Waals surface area contributed by atoms with E-state index in [2.05, 4.69) is 13.0 Å². The van der Waals surface area contributed by atoms with Crippen LogP contribution < -0.4 is 0 Å². The molecular formula is C16H25NO2. The number of nitriles is 1. The predicted octanol–water partition coefficient (Wildman–Crippen LogP) is 3.17. The molecule has 3 unspecified atom stereocenters. The van der Waals surface area contributed by atoms with Crippen LogP contribution in [0.1, 0.15) is 64.7 Å². The molecule has 3 atom stereocenters. The van der Waals surface area contributed by atoms with Gasteiger partial charge < -0.3 is 9.84 Å².